The van der Waals surface area contributed by atoms with E-state index in [1.807, 2.05) is 0 Å². The maximum absolute atomic E-state index is 3.68. The SMILES string of the molecule is CCCNC1CCC(N2CC(C)CC2C)C1. The van der Waals surface area contributed by atoms with Crippen LogP contribution in [0.25, 0.3) is 0 Å². The van der Waals surface area contributed by atoms with E-state index in [0.29, 0.717) is 0 Å². The second-order valence-corrected chi connectivity index (χ2v) is 6.00. The highest BCUT2D eigenvalue weighted by atomic mass is 15.2. The molecule has 94 valence electrons. The Bertz CT molecular complexity index is 217. The zero-order valence-electron chi connectivity index (χ0n) is 11.2. The Kier molecular flexibility index (Phi) is 4.26. The molecule has 2 heteroatoms. The van der Waals surface area contributed by atoms with Gasteiger partial charge in [0.15, 0.2) is 0 Å². The van der Waals surface area contributed by atoms with Crippen molar-refractivity contribution in [3.05, 3.63) is 0 Å². The quantitative estimate of drug-likeness (QED) is 0.790. The highest BCUT2D eigenvalue weighted by molar-refractivity contribution is 4.92. The number of rotatable bonds is 4. The van der Waals surface area contributed by atoms with Crippen LogP contribution in [-0.2, 0) is 0 Å². The van der Waals surface area contributed by atoms with E-state index < -0.39 is 0 Å². The Labute approximate surface area is 101 Å². The lowest BCUT2D eigenvalue weighted by Gasteiger charge is -2.28. The Balaban J connectivity index is 1.79. The molecule has 2 rings (SSSR count). The Hall–Kier alpha value is -0.0800. The van der Waals surface area contributed by atoms with E-state index in [1.165, 1.54) is 45.2 Å². The van der Waals surface area contributed by atoms with Gasteiger partial charge in [-0.2, -0.15) is 0 Å². The first-order valence-electron chi connectivity index (χ1n) is 7.19. The van der Waals surface area contributed by atoms with Crippen molar-refractivity contribution in [2.75, 3.05) is 13.1 Å². The second-order valence-electron chi connectivity index (χ2n) is 6.00. The van der Waals surface area contributed by atoms with Crippen LogP contribution in [-0.4, -0.2) is 36.1 Å². The van der Waals surface area contributed by atoms with Crippen molar-refractivity contribution in [3.8, 4) is 0 Å². The molecule has 2 fully saturated rings. The Morgan fingerprint density at radius 2 is 2.00 bits per heavy atom. The third-order valence-corrected chi connectivity index (χ3v) is 4.39. The van der Waals surface area contributed by atoms with Crippen molar-refractivity contribution < 1.29 is 0 Å². The van der Waals surface area contributed by atoms with E-state index in [2.05, 4.69) is 31.0 Å². The highest BCUT2D eigenvalue weighted by Crippen LogP contribution is 2.32. The summed E-state index contributed by atoms with van der Waals surface area (Å²) in [4.78, 5) is 2.78. The molecule has 4 atom stereocenters. The summed E-state index contributed by atoms with van der Waals surface area (Å²) in [6.45, 7) is 9.61. The van der Waals surface area contributed by atoms with Crippen LogP contribution in [0, 0.1) is 5.92 Å². The van der Waals surface area contributed by atoms with Crippen LogP contribution in [0.1, 0.15) is 52.9 Å². The fourth-order valence-corrected chi connectivity index (χ4v) is 3.63. The van der Waals surface area contributed by atoms with Gasteiger partial charge in [-0.3, -0.25) is 4.90 Å². The summed E-state index contributed by atoms with van der Waals surface area (Å²) in [6, 6.07) is 2.49. The summed E-state index contributed by atoms with van der Waals surface area (Å²) in [5, 5.41) is 3.68. The summed E-state index contributed by atoms with van der Waals surface area (Å²) in [7, 11) is 0. The van der Waals surface area contributed by atoms with Crippen LogP contribution in [0.2, 0.25) is 0 Å². The van der Waals surface area contributed by atoms with Gasteiger partial charge in [0.05, 0.1) is 0 Å². The molecule has 2 aliphatic rings. The van der Waals surface area contributed by atoms with Crippen molar-refractivity contribution in [1.29, 1.82) is 0 Å². The van der Waals surface area contributed by atoms with E-state index in [4.69, 9.17) is 0 Å². The Morgan fingerprint density at radius 3 is 2.62 bits per heavy atom. The third-order valence-electron chi connectivity index (χ3n) is 4.39. The lowest BCUT2D eigenvalue weighted by Crippen LogP contribution is -2.38. The summed E-state index contributed by atoms with van der Waals surface area (Å²) in [5.74, 6) is 0.914. The molecule has 1 heterocycles. The topological polar surface area (TPSA) is 15.3 Å². The van der Waals surface area contributed by atoms with Crippen molar-refractivity contribution >= 4 is 0 Å². The minimum atomic E-state index is 0.799. The Morgan fingerprint density at radius 1 is 1.19 bits per heavy atom. The van der Waals surface area contributed by atoms with Gasteiger partial charge in [0.2, 0.25) is 0 Å². The zero-order chi connectivity index (χ0) is 11.5. The molecule has 0 aromatic carbocycles. The molecule has 1 aliphatic heterocycles. The van der Waals surface area contributed by atoms with Crippen molar-refractivity contribution in [2.45, 2.75) is 71.0 Å². The molecule has 0 aromatic heterocycles. The maximum atomic E-state index is 3.68. The normalized spacial score (nSPS) is 40.7. The van der Waals surface area contributed by atoms with Crippen LogP contribution in [0.15, 0.2) is 0 Å². The number of nitrogens with zero attached hydrogens (tertiary/aromatic N) is 1. The smallest absolute Gasteiger partial charge is 0.0114 e. The molecule has 0 radical (unpaired) electrons. The maximum Gasteiger partial charge on any atom is 0.0114 e. The molecule has 0 amide bonds. The van der Waals surface area contributed by atoms with Crippen molar-refractivity contribution in [1.82, 2.24) is 10.2 Å². The molecule has 1 N–H and O–H groups in total. The summed E-state index contributed by atoms with van der Waals surface area (Å²) < 4.78 is 0. The van der Waals surface area contributed by atoms with Gasteiger partial charge in [-0.1, -0.05) is 13.8 Å². The van der Waals surface area contributed by atoms with Gasteiger partial charge >= 0.3 is 0 Å². The lowest BCUT2D eigenvalue weighted by atomic mass is 10.1. The monoisotopic (exact) mass is 224 g/mol. The molecule has 1 aliphatic carbocycles. The number of likely N-dealkylation sites (tertiary alicyclic amines) is 1. The molecule has 16 heavy (non-hydrogen) atoms. The van der Waals surface area contributed by atoms with E-state index in [-0.39, 0.29) is 0 Å². The van der Waals surface area contributed by atoms with Gasteiger partial charge in [0, 0.05) is 24.7 Å². The van der Waals surface area contributed by atoms with Crippen molar-refractivity contribution in [3.63, 3.8) is 0 Å². The minimum absolute atomic E-state index is 0.799. The summed E-state index contributed by atoms with van der Waals surface area (Å²) >= 11 is 0. The fraction of sp³-hybridized carbons (Fsp3) is 1.00. The first-order chi connectivity index (χ1) is 7.70. The molecule has 0 aromatic rings. The lowest BCUT2D eigenvalue weighted by molar-refractivity contribution is 0.187. The number of hydrogen-bond donors (Lipinski definition) is 1. The number of nitrogens with one attached hydrogen (secondary N) is 1. The van der Waals surface area contributed by atoms with Crippen molar-refractivity contribution in [2.24, 2.45) is 5.92 Å². The molecule has 1 saturated carbocycles. The molecule has 1 saturated heterocycles. The van der Waals surface area contributed by atoms with Crippen LogP contribution in [0.3, 0.4) is 0 Å². The predicted octanol–water partition coefficient (Wildman–Crippen LogP) is 2.64. The molecule has 4 unspecified atom stereocenters. The molecular formula is C14H28N2. The van der Waals surface area contributed by atoms with Gasteiger partial charge in [0.1, 0.15) is 0 Å². The van der Waals surface area contributed by atoms with Crippen LogP contribution in [0.5, 0.6) is 0 Å². The van der Waals surface area contributed by atoms with E-state index in [1.54, 1.807) is 0 Å². The largest absolute Gasteiger partial charge is 0.314 e. The van der Waals surface area contributed by atoms with E-state index in [0.717, 1.165) is 24.0 Å². The fourth-order valence-electron chi connectivity index (χ4n) is 3.63. The van der Waals surface area contributed by atoms with E-state index in [9.17, 15) is 0 Å². The first kappa shape index (κ1) is 12.4. The predicted molar refractivity (Wildman–Crippen MR) is 69.7 cm³/mol. The van der Waals surface area contributed by atoms with E-state index >= 15 is 0 Å². The van der Waals surface area contributed by atoms with Gasteiger partial charge in [-0.05, 0) is 51.5 Å². The van der Waals surface area contributed by atoms with Crippen LogP contribution < -0.4 is 5.32 Å². The summed E-state index contributed by atoms with van der Waals surface area (Å²) in [5.41, 5.74) is 0. The van der Waals surface area contributed by atoms with Gasteiger partial charge in [-0.25, -0.2) is 0 Å². The van der Waals surface area contributed by atoms with Gasteiger partial charge < -0.3 is 5.32 Å². The summed E-state index contributed by atoms with van der Waals surface area (Å²) in [6.07, 6.45) is 6.86. The molecular weight excluding hydrogens is 196 g/mol. The zero-order valence-corrected chi connectivity index (χ0v) is 11.2. The van der Waals surface area contributed by atoms with Crippen LogP contribution in [0.4, 0.5) is 0 Å². The first-order valence-corrected chi connectivity index (χ1v) is 7.19. The average molecular weight is 224 g/mol. The standard InChI is InChI=1S/C14H28N2/c1-4-7-15-13-5-6-14(9-13)16-10-11(2)8-12(16)3/h11-15H,4-10H2,1-3H3. The molecule has 0 bridgehead atoms. The second kappa shape index (κ2) is 5.50. The molecule has 0 spiro atoms. The molecule has 2 nitrogen and oxygen atoms in total. The highest BCUT2D eigenvalue weighted by Gasteiger charge is 2.35. The third kappa shape index (κ3) is 2.78. The number of hydrogen-bond acceptors (Lipinski definition) is 2. The minimum Gasteiger partial charge on any atom is -0.314 e. The van der Waals surface area contributed by atoms with Gasteiger partial charge in [0.25, 0.3) is 0 Å². The van der Waals surface area contributed by atoms with Crippen LogP contribution >= 0.6 is 0 Å². The average Bonchev–Trinajstić information content (AvgIpc) is 2.82. The van der Waals surface area contributed by atoms with Gasteiger partial charge in [-0.15, -0.1) is 0 Å².